The molecule has 0 N–H and O–H groups in total. The van der Waals surface area contributed by atoms with E-state index >= 15 is 0 Å². The first-order chi connectivity index (χ1) is 13.1. The van der Waals surface area contributed by atoms with Crippen molar-refractivity contribution in [1.82, 2.24) is 9.55 Å². The maximum atomic E-state index is 13.0. The molecule has 2 aromatic carbocycles. The van der Waals surface area contributed by atoms with Crippen molar-refractivity contribution >= 4 is 17.2 Å². The Hall–Kier alpha value is -3.54. The van der Waals surface area contributed by atoms with Crippen LogP contribution in [0.5, 0.6) is 0 Å². The highest BCUT2D eigenvalue weighted by atomic mass is 16.6. The molecule has 0 spiro atoms. The lowest BCUT2D eigenvalue weighted by atomic mass is 9.77. The van der Waals surface area contributed by atoms with E-state index in [1.54, 1.807) is 10.6 Å². The average Bonchev–Trinajstić information content (AvgIpc) is 3.19. The van der Waals surface area contributed by atoms with Crippen LogP contribution in [0.15, 0.2) is 79.3 Å². The molecule has 27 heavy (non-hydrogen) atoms. The van der Waals surface area contributed by atoms with Gasteiger partial charge in [0.2, 0.25) is 6.33 Å². The van der Waals surface area contributed by atoms with Crippen molar-refractivity contribution in [3.63, 3.8) is 0 Å². The van der Waals surface area contributed by atoms with Gasteiger partial charge in [0.1, 0.15) is 12.2 Å². The molecule has 0 aliphatic heterocycles. The van der Waals surface area contributed by atoms with Gasteiger partial charge < -0.3 is 10.1 Å². The number of nitro groups is 1. The summed E-state index contributed by atoms with van der Waals surface area (Å²) in [5.74, 6) is -0.471. The number of imidazole rings is 1. The van der Waals surface area contributed by atoms with E-state index in [1.807, 2.05) is 60.7 Å². The highest BCUT2D eigenvalue weighted by molar-refractivity contribution is 6.02. The van der Waals surface area contributed by atoms with Gasteiger partial charge in [-0.05, 0) is 39.1 Å². The molecule has 0 unspecified atom stereocenters. The Morgan fingerprint density at radius 2 is 1.70 bits per heavy atom. The van der Waals surface area contributed by atoms with Crippen LogP contribution in [0.2, 0.25) is 0 Å². The summed E-state index contributed by atoms with van der Waals surface area (Å²) < 4.78 is 1.57. The molecule has 0 saturated carbocycles. The van der Waals surface area contributed by atoms with Gasteiger partial charge in [-0.2, -0.15) is 0 Å². The van der Waals surface area contributed by atoms with E-state index in [1.165, 1.54) is 12.5 Å². The smallest absolute Gasteiger partial charge is 0.358 e. The van der Waals surface area contributed by atoms with Crippen LogP contribution >= 0.6 is 0 Å². The van der Waals surface area contributed by atoms with E-state index in [4.69, 9.17) is 0 Å². The maximum Gasteiger partial charge on any atom is 0.381 e. The molecule has 0 amide bonds. The molecule has 0 bridgehead atoms. The van der Waals surface area contributed by atoms with Crippen LogP contribution in [0.25, 0.3) is 5.57 Å². The van der Waals surface area contributed by atoms with E-state index in [2.05, 4.69) is 4.98 Å². The van der Waals surface area contributed by atoms with Crippen molar-refractivity contribution in [1.29, 1.82) is 0 Å². The first-order valence-electron chi connectivity index (χ1n) is 8.66. The van der Waals surface area contributed by atoms with Crippen LogP contribution in [0, 0.1) is 10.1 Å². The number of allylic oxidation sites excluding steroid dienone is 2. The molecule has 0 radical (unpaired) electrons. The largest absolute Gasteiger partial charge is 0.381 e. The molecule has 6 nitrogen and oxygen atoms in total. The van der Waals surface area contributed by atoms with Gasteiger partial charge in [0, 0.05) is 5.92 Å². The molecule has 4 rings (SSSR count). The predicted octanol–water partition coefficient (Wildman–Crippen LogP) is 4.17. The minimum absolute atomic E-state index is 0.0822. The zero-order chi connectivity index (χ0) is 18.8. The SMILES string of the molecule is O=C1C=C(c2ccccc2)C[C@@H](c2ccccc2)[C@@H]1n1cnc([N+](=O)[O-])c1. The summed E-state index contributed by atoms with van der Waals surface area (Å²) >= 11 is 0. The molecule has 1 heterocycles. The molecule has 1 aromatic heterocycles. The number of nitrogens with zero attached hydrogens (tertiary/aromatic N) is 3. The van der Waals surface area contributed by atoms with Crippen molar-refractivity contribution in [3.8, 4) is 0 Å². The Morgan fingerprint density at radius 1 is 1.04 bits per heavy atom. The molecule has 1 aliphatic carbocycles. The first kappa shape index (κ1) is 16.9. The van der Waals surface area contributed by atoms with Gasteiger partial charge in [-0.15, -0.1) is 0 Å². The van der Waals surface area contributed by atoms with Crippen LogP contribution in [-0.4, -0.2) is 20.3 Å². The third-order valence-corrected chi connectivity index (χ3v) is 4.90. The third-order valence-electron chi connectivity index (χ3n) is 4.90. The Morgan fingerprint density at radius 3 is 2.33 bits per heavy atom. The van der Waals surface area contributed by atoms with Gasteiger partial charge in [-0.25, -0.2) is 0 Å². The molecular formula is C21H17N3O3. The molecule has 0 fully saturated rings. The molecule has 2 atom stereocenters. The number of ketones is 1. The van der Waals surface area contributed by atoms with Crippen molar-refractivity contribution in [2.45, 2.75) is 18.4 Å². The maximum absolute atomic E-state index is 13.0. The van der Waals surface area contributed by atoms with E-state index < -0.39 is 11.0 Å². The van der Waals surface area contributed by atoms with E-state index in [0.29, 0.717) is 6.42 Å². The number of carbonyl (C=O) groups is 1. The number of carbonyl (C=O) groups excluding carboxylic acids is 1. The number of aromatic nitrogens is 2. The van der Waals surface area contributed by atoms with E-state index in [9.17, 15) is 14.9 Å². The average molecular weight is 359 g/mol. The topological polar surface area (TPSA) is 78.0 Å². The van der Waals surface area contributed by atoms with Crippen LogP contribution in [0.4, 0.5) is 5.82 Å². The predicted molar refractivity (Wildman–Crippen MR) is 101 cm³/mol. The van der Waals surface area contributed by atoms with E-state index in [0.717, 1.165) is 16.7 Å². The first-order valence-corrected chi connectivity index (χ1v) is 8.66. The van der Waals surface area contributed by atoms with Gasteiger partial charge in [-0.1, -0.05) is 60.7 Å². The molecular weight excluding hydrogens is 342 g/mol. The second-order valence-electron chi connectivity index (χ2n) is 6.54. The van der Waals surface area contributed by atoms with Crippen molar-refractivity contribution in [3.05, 3.63) is 101 Å². The van der Waals surface area contributed by atoms with Crippen LogP contribution < -0.4 is 0 Å². The van der Waals surface area contributed by atoms with Crippen LogP contribution in [0.1, 0.15) is 29.5 Å². The summed E-state index contributed by atoms with van der Waals surface area (Å²) in [7, 11) is 0. The summed E-state index contributed by atoms with van der Waals surface area (Å²) in [5, 5.41) is 11.0. The minimum atomic E-state index is -0.555. The lowest BCUT2D eigenvalue weighted by Crippen LogP contribution is -2.28. The normalized spacial score (nSPS) is 19.6. The molecule has 0 saturated heterocycles. The molecule has 3 aromatic rings. The fourth-order valence-electron chi connectivity index (χ4n) is 3.64. The molecule has 134 valence electrons. The van der Waals surface area contributed by atoms with Gasteiger partial charge in [-0.3, -0.25) is 9.36 Å². The lowest BCUT2D eigenvalue weighted by Gasteiger charge is -2.31. The Balaban J connectivity index is 1.79. The fourth-order valence-corrected chi connectivity index (χ4v) is 3.64. The zero-order valence-corrected chi connectivity index (χ0v) is 14.4. The quantitative estimate of drug-likeness (QED) is 0.517. The summed E-state index contributed by atoms with van der Waals surface area (Å²) in [6, 6.07) is 19.0. The monoisotopic (exact) mass is 359 g/mol. The summed E-state index contributed by atoms with van der Waals surface area (Å²) in [6.45, 7) is 0. The molecule has 6 heteroatoms. The minimum Gasteiger partial charge on any atom is -0.358 e. The van der Waals surface area contributed by atoms with Crippen LogP contribution in [-0.2, 0) is 4.79 Å². The fraction of sp³-hybridized carbons (Fsp3) is 0.143. The number of hydrogen-bond acceptors (Lipinski definition) is 4. The van der Waals surface area contributed by atoms with Crippen molar-refractivity contribution < 1.29 is 9.72 Å². The summed E-state index contributed by atoms with van der Waals surface area (Å²) in [5.41, 5.74) is 3.01. The van der Waals surface area contributed by atoms with Crippen molar-refractivity contribution in [2.75, 3.05) is 0 Å². The second-order valence-corrected chi connectivity index (χ2v) is 6.54. The third kappa shape index (κ3) is 3.29. The molecule has 1 aliphatic rings. The van der Waals surface area contributed by atoms with Crippen molar-refractivity contribution in [2.24, 2.45) is 0 Å². The zero-order valence-electron chi connectivity index (χ0n) is 14.4. The van der Waals surface area contributed by atoms with Gasteiger partial charge in [0.25, 0.3) is 0 Å². The van der Waals surface area contributed by atoms with E-state index in [-0.39, 0.29) is 17.5 Å². The Bertz CT molecular complexity index is 1010. The van der Waals surface area contributed by atoms with Gasteiger partial charge in [0.15, 0.2) is 5.78 Å². The Kier molecular flexibility index (Phi) is 4.38. The van der Waals surface area contributed by atoms with Crippen LogP contribution in [0.3, 0.4) is 0 Å². The number of rotatable bonds is 4. The summed E-state index contributed by atoms with van der Waals surface area (Å²) in [4.78, 5) is 27.3. The van der Waals surface area contributed by atoms with Gasteiger partial charge in [0.05, 0.1) is 0 Å². The number of benzene rings is 2. The lowest BCUT2D eigenvalue weighted by molar-refractivity contribution is -0.389. The Labute approximate surface area is 155 Å². The highest BCUT2D eigenvalue weighted by Gasteiger charge is 2.36. The highest BCUT2D eigenvalue weighted by Crippen LogP contribution is 2.42. The second kappa shape index (κ2) is 6.99. The summed E-state index contributed by atoms with van der Waals surface area (Å²) in [6.07, 6.45) is 5.03. The number of hydrogen-bond donors (Lipinski definition) is 0. The van der Waals surface area contributed by atoms with Gasteiger partial charge >= 0.3 is 5.82 Å². The standard InChI is InChI=1S/C21H17N3O3/c25-19-12-17(15-7-3-1-4-8-15)11-18(16-9-5-2-6-10-16)21(19)23-13-20(22-14-23)24(26)27/h1-10,12-14,18,21H,11H2/t18-,21-/m0/s1.